The Balaban J connectivity index is 1.74. The highest BCUT2D eigenvalue weighted by molar-refractivity contribution is 5.32. The van der Waals surface area contributed by atoms with Gasteiger partial charge in [0.2, 0.25) is 0 Å². The average molecular weight is 232 g/mol. The van der Waals surface area contributed by atoms with E-state index in [0.29, 0.717) is 12.4 Å². The third-order valence-electron chi connectivity index (χ3n) is 2.35. The van der Waals surface area contributed by atoms with Crippen LogP contribution in [0.4, 0.5) is 5.82 Å². The molecule has 0 fully saturated rings. The highest BCUT2D eigenvalue weighted by Crippen LogP contribution is 2.01. The molecule has 0 bridgehead atoms. The van der Waals surface area contributed by atoms with Gasteiger partial charge < -0.3 is 15.6 Å². The predicted octanol–water partition coefficient (Wildman–Crippen LogP) is 0.634. The lowest BCUT2D eigenvalue weighted by Gasteiger charge is -2.06. The zero-order valence-corrected chi connectivity index (χ0v) is 9.58. The number of aromatic nitrogens is 4. The normalized spacial score (nSPS) is 10.4. The Morgan fingerprint density at radius 2 is 2.29 bits per heavy atom. The molecule has 0 atom stereocenters. The molecule has 0 aliphatic rings. The average Bonchev–Trinajstić information content (AvgIpc) is 2.88. The fraction of sp³-hybridized carbons (Fsp3) is 0.364. The van der Waals surface area contributed by atoms with Gasteiger partial charge in [0.05, 0.1) is 12.9 Å². The van der Waals surface area contributed by atoms with Gasteiger partial charge in [-0.1, -0.05) is 0 Å². The second-order valence-corrected chi connectivity index (χ2v) is 3.64. The summed E-state index contributed by atoms with van der Waals surface area (Å²) in [5.74, 6) is 1.48. The molecular formula is C11H16N6. The van der Waals surface area contributed by atoms with E-state index in [1.54, 1.807) is 12.4 Å². The van der Waals surface area contributed by atoms with Gasteiger partial charge in [0.1, 0.15) is 11.6 Å². The molecule has 2 aromatic heterocycles. The van der Waals surface area contributed by atoms with E-state index in [-0.39, 0.29) is 0 Å². The summed E-state index contributed by atoms with van der Waals surface area (Å²) in [6.45, 7) is 2.17. The topological polar surface area (TPSA) is 81.6 Å². The van der Waals surface area contributed by atoms with E-state index in [0.717, 1.165) is 25.3 Å². The molecule has 0 spiro atoms. The highest BCUT2D eigenvalue weighted by Gasteiger charge is 1.96. The largest absolute Gasteiger partial charge is 0.370 e. The Morgan fingerprint density at radius 1 is 1.35 bits per heavy atom. The van der Waals surface area contributed by atoms with Crippen molar-refractivity contribution in [2.75, 3.05) is 11.9 Å². The predicted molar refractivity (Wildman–Crippen MR) is 65.3 cm³/mol. The van der Waals surface area contributed by atoms with E-state index >= 15 is 0 Å². The first-order valence-electron chi connectivity index (χ1n) is 5.60. The van der Waals surface area contributed by atoms with Crippen LogP contribution in [0.2, 0.25) is 0 Å². The van der Waals surface area contributed by atoms with E-state index in [4.69, 9.17) is 5.73 Å². The van der Waals surface area contributed by atoms with Crippen molar-refractivity contribution in [3.05, 3.63) is 36.8 Å². The van der Waals surface area contributed by atoms with E-state index in [9.17, 15) is 0 Å². The summed E-state index contributed by atoms with van der Waals surface area (Å²) in [4.78, 5) is 12.3. The Bertz CT molecular complexity index is 439. The van der Waals surface area contributed by atoms with Gasteiger partial charge >= 0.3 is 0 Å². The number of aryl methyl sites for hydroxylation is 1. The summed E-state index contributed by atoms with van der Waals surface area (Å²) in [6, 6.07) is 1.84. The minimum Gasteiger partial charge on any atom is -0.370 e. The van der Waals surface area contributed by atoms with Crippen molar-refractivity contribution in [1.29, 1.82) is 0 Å². The van der Waals surface area contributed by atoms with Crippen molar-refractivity contribution in [2.45, 2.75) is 19.5 Å². The van der Waals surface area contributed by atoms with Crippen LogP contribution in [0.1, 0.15) is 12.2 Å². The molecule has 0 amide bonds. The first-order valence-corrected chi connectivity index (χ1v) is 5.60. The number of nitrogens with two attached hydrogens (primary N) is 1. The molecule has 0 unspecified atom stereocenters. The van der Waals surface area contributed by atoms with Gasteiger partial charge in [-0.2, -0.15) is 0 Å². The lowest BCUT2D eigenvalue weighted by molar-refractivity contribution is 0.659. The molecule has 0 aliphatic carbocycles. The van der Waals surface area contributed by atoms with Gasteiger partial charge in [-0.05, 0) is 12.5 Å². The first kappa shape index (κ1) is 11.5. The van der Waals surface area contributed by atoms with Gasteiger partial charge in [-0.25, -0.2) is 15.0 Å². The number of nitrogens with one attached hydrogen (secondary N) is 1. The van der Waals surface area contributed by atoms with Crippen LogP contribution in [0.3, 0.4) is 0 Å². The monoisotopic (exact) mass is 232 g/mol. The van der Waals surface area contributed by atoms with Crippen LogP contribution < -0.4 is 11.1 Å². The Morgan fingerprint density at radius 3 is 3.06 bits per heavy atom. The number of hydrogen-bond donors (Lipinski definition) is 2. The lowest BCUT2D eigenvalue weighted by atomic mass is 10.4. The summed E-state index contributed by atoms with van der Waals surface area (Å²) in [5, 5.41) is 3.24. The third kappa shape index (κ3) is 3.53. The highest BCUT2D eigenvalue weighted by atomic mass is 15.0. The van der Waals surface area contributed by atoms with Gasteiger partial charge in [0.15, 0.2) is 0 Å². The molecule has 6 heteroatoms. The molecule has 0 saturated carbocycles. The molecule has 2 rings (SSSR count). The van der Waals surface area contributed by atoms with Gasteiger partial charge in [-0.3, -0.25) is 0 Å². The minimum absolute atomic E-state index is 0.366. The summed E-state index contributed by atoms with van der Waals surface area (Å²) < 4.78 is 2.05. The number of rotatable bonds is 6. The van der Waals surface area contributed by atoms with E-state index in [1.165, 1.54) is 0 Å². The third-order valence-corrected chi connectivity index (χ3v) is 2.35. The second-order valence-electron chi connectivity index (χ2n) is 3.64. The van der Waals surface area contributed by atoms with Crippen LogP contribution in [0.25, 0.3) is 0 Å². The van der Waals surface area contributed by atoms with Crippen molar-refractivity contribution in [1.82, 2.24) is 19.5 Å². The van der Waals surface area contributed by atoms with Crippen LogP contribution in [0.5, 0.6) is 0 Å². The quantitative estimate of drug-likeness (QED) is 0.714. The summed E-state index contributed by atoms with van der Waals surface area (Å²) in [5.41, 5.74) is 5.47. The smallest absolute Gasteiger partial charge is 0.144 e. The Hall–Kier alpha value is -1.95. The summed E-state index contributed by atoms with van der Waals surface area (Å²) in [7, 11) is 0. The molecular weight excluding hydrogens is 216 g/mol. The lowest BCUT2D eigenvalue weighted by Crippen LogP contribution is -2.09. The molecule has 0 radical (unpaired) electrons. The van der Waals surface area contributed by atoms with E-state index < -0.39 is 0 Å². The standard InChI is InChI=1S/C11H16N6/c12-8-11-15-4-2-10(16-11)14-3-1-6-17-7-5-13-9-17/h2,4-5,7,9H,1,3,6,8,12H2,(H,14,15,16). The number of imidazole rings is 1. The summed E-state index contributed by atoms with van der Waals surface area (Å²) >= 11 is 0. The number of hydrogen-bond acceptors (Lipinski definition) is 5. The van der Waals surface area contributed by atoms with Gasteiger partial charge in [0, 0.05) is 31.7 Å². The first-order chi connectivity index (χ1) is 8.38. The fourth-order valence-corrected chi connectivity index (χ4v) is 1.49. The Kier molecular flexibility index (Phi) is 4.04. The van der Waals surface area contributed by atoms with Crippen LogP contribution in [0, 0.1) is 0 Å². The van der Waals surface area contributed by atoms with Gasteiger partial charge in [-0.15, -0.1) is 0 Å². The second kappa shape index (κ2) is 5.95. The Labute approximate surface area is 99.9 Å². The van der Waals surface area contributed by atoms with Crippen molar-refractivity contribution in [3.63, 3.8) is 0 Å². The van der Waals surface area contributed by atoms with Crippen molar-refractivity contribution >= 4 is 5.82 Å². The molecule has 90 valence electrons. The van der Waals surface area contributed by atoms with Crippen LogP contribution in [0.15, 0.2) is 31.0 Å². The molecule has 2 aromatic rings. The molecule has 17 heavy (non-hydrogen) atoms. The van der Waals surface area contributed by atoms with Crippen LogP contribution >= 0.6 is 0 Å². The molecule has 0 aliphatic heterocycles. The fourth-order valence-electron chi connectivity index (χ4n) is 1.49. The van der Waals surface area contributed by atoms with Crippen molar-refractivity contribution in [2.24, 2.45) is 5.73 Å². The van der Waals surface area contributed by atoms with Crippen molar-refractivity contribution < 1.29 is 0 Å². The maximum absolute atomic E-state index is 5.47. The molecule has 3 N–H and O–H groups in total. The molecule has 0 aromatic carbocycles. The maximum atomic E-state index is 5.47. The SMILES string of the molecule is NCc1nccc(NCCCn2ccnc2)n1. The molecule has 2 heterocycles. The molecule has 6 nitrogen and oxygen atoms in total. The zero-order chi connectivity index (χ0) is 11.9. The van der Waals surface area contributed by atoms with Crippen LogP contribution in [-0.4, -0.2) is 26.1 Å². The number of anilines is 1. The van der Waals surface area contributed by atoms with Crippen LogP contribution in [-0.2, 0) is 13.1 Å². The van der Waals surface area contributed by atoms with Gasteiger partial charge in [0.25, 0.3) is 0 Å². The molecule has 0 saturated heterocycles. The van der Waals surface area contributed by atoms with Crippen molar-refractivity contribution in [3.8, 4) is 0 Å². The minimum atomic E-state index is 0.366. The summed E-state index contributed by atoms with van der Waals surface area (Å²) in [6.07, 6.45) is 8.28. The van der Waals surface area contributed by atoms with E-state index in [2.05, 4.69) is 20.3 Å². The van der Waals surface area contributed by atoms with E-state index in [1.807, 2.05) is 23.2 Å². The maximum Gasteiger partial charge on any atom is 0.144 e. The zero-order valence-electron chi connectivity index (χ0n) is 9.58. The number of nitrogens with zero attached hydrogens (tertiary/aromatic N) is 4.